The van der Waals surface area contributed by atoms with Gasteiger partial charge in [-0.25, -0.2) is 0 Å². The molecule has 6 heteroatoms. The summed E-state index contributed by atoms with van der Waals surface area (Å²) in [6, 6.07) is 9.96. The van der Waals surface area contributed by atoms with Gasteiger partial charge in [0.1, 0.15) is 11.5 Å². The fraction of sp³-hybridized carbons (Fsp3) is 0.450. The summed E-state index contributed by atoms with van der Waals surface area (Å²) < 4.78 is 5.23. The van der Waals surface area contributed by atoms with Crippen LogP contribution in [0.1, 0.15) is 48.8 Å². The SMILES string of the molecule is Cc1ccc(CN2CC(C(=O)NCc3cc(C(C)C)on3)CC2=O)cc1. The second-order valence-electron chi connectivity index (χ2n) is 7.25. The fourth-order valence-corrected chi connectivity index (χ4v) is 3.02. The summed E-state index contributed by atoms with van der Waals surface area (Å²) in [4.78, 5) is 26.4. The second-order valence-corrected chi connectivity index (χ2v) is 7.25. The minimum absolute atomic E-state index is 0.0225. The molecule has 1 atom stereocenters. The van der Waals surface area contributed by atoms with Crippen molar-refractivity contribution in [3.05, 3.63) is 52.9 Å². The number of nitrogens with zero attached hydrogens (tertiary/aromatic N) is 2. The van der Waals surface area contributed by atoms with Crippen molar-refractivity contribution in [2.75, 3.05) is 6.54 Å². The van der Waals surface area contributed by atoms with Crippen molar-refractivity contribution >= 4 is 11.8 Å². The Labute approximate surface area is 153 Å². The van der Waals surface area contributed by atoms with Crippen LogP contribution in [0.15, 0.2) is 34.9 Å². The second kappa shape index (κ2) is 7.72. The van der Waals surface area contributed by atoms with E-state index in [9.17, 15) is 9.59 Å². The molecule has 1 fully saturated rings. The number of hydrogen-bond acceptors (Lipinski definition) is 4. The summed E-state index contributed by atoms with van der Waals surface area (Å²) >= 11 is 0. The standard InChI is InChI=1S/C20H25N3O3/c1-13(2)18-9-17(22-26-18)10-21-20(25)16-8-19(24)23(12-16)11-15-6-4-14(3)5-7-15/h4-7,9,13,16H,8,10-12H2,1-3H3,(H,21,25). The van der Waals surface area contributed by atoms with Crippen LogP contribution in [-0.2, 0) is 22.7 Å². The monoisotopic (exact) mass is 355 g/mol. The van der Waals surface area contributed by atoms with E-state index in [2.05, 4.69) is 10.5 Å². The highest BCUT2D eigenvalue weighted by atomic mass is 16.5. The Bertz CT molecular complexity index is 780. The van der Waals surface area contributed by atoms with Crippen molar-refractivity contribution in [2.24, 2.45) is 5.92 Å². The average molecular weight is 355 g/mol. The molecule has 1 aromatic heterocycles. The molecule has 138 valence electrons. The summed E-state index contributed by atoms with van der Waals surface area (Å²) in [5.41, 5.74) is 2.96. The Morgan fingerprint density at radius 3 is 2.73 bits per heavy atom. The number of carbonyl (C=O) groups is 2. The van der Waals surface area contributed by atoms with Gasteiger partial charge in [-0.05, 0) is 12.5 Å². The van der Waals surface area contributed by atoms with Crippen LogP contribution in [0, 0.1) is 12.8 Å². The van der Waals surface area contributed by atoms with E-state index in [1.165, 1.54) is 5.56 Å². The minimum Gasteiger partial charge on any atom is -0.361 e. The van der Waals surface area contributed by atoms with E-state index in [-0.39, 0.29) is 30.1 Å². The Hall–Kier alpha value is -2.63. The zero-order valence-electron chi connectivity index (χ0n) is 15.5. The van der Waals surface area contributed by atoms with Gasteiger partial charge in [0.15, 0.2) is 0 Å². The van der Waals surface area contributed by atoms with Crippen LogP contribution < -0.4 is 5.32 Å². The van der Waals surface area contributed by atoms with Gasteiger partial charge >= 0.3 is 0 Å². The van der Waals surface area contributed by atoms with E-state index < -0.39 is 0 Å². The van der Waals surface area contributed by atoms with Crippen LogP contribution in [0.25, 0.3) is 0 Å². The molecule has 0 bridgehead atoms. The number of aromatic nitrogens is 1. The predicted molar refractivity (Wildman–Crippen MR) is 97.1 cm³/mol. The van der Waals surface area contributed by atoms with Crippen LogP contribution in [0.3, 0.4) is 0 Å². The highest BCUT2D eigenvalue weighted by Crippen LogP contribution is 2.21. The van der Waals surface area contributed by atoms with E-state index in [1.54, 1.807) is 4.90 Å². The molecule has 1 saturated heterocycles. The molecular formula is C20H25N3O3. The molecule has 26 heavy (non-hydrogen) atoms. The zero-order chi connectivity index (χ0) is 18.7. The van der Waals surface area contributed by atoms with E-state index in [0.29, 0.717) is 25.3 Å². The summed E-state index contributed by atoms with van der Waals surface area (Å²) in [5, 5.41) is 6.83. The lowest BCUT2D eigenvalue weighted by molar-refractivity contribution is -0.129. The highest BCUT2D eigenvalue weighted by Gasteiger charge is 2.34. The van der Waals surface area contributed by atoms with Gasteiger partial charge in [-0.15, -0.1) is 0 Å². The Balaban J connectivity index is 1.52. The van der Waals surface area contributed by atoms with E-state index >= 15 is 0 Å². The molecule has 0 aliphatic carbocycles. The van der Waals surface area contributed by atoms with Crippen LogP contribution in [-0.4, -0.2) is 28.4 Å². The Morgan fingerprint density at radius 2 is 2.08 bits per heavy atom. The molecule has 0 saturated carbocycles. The lowest BCUT2D eigenvalue weighted by Gasteiger charge is -2.16. The number of hydrogen-bond donors (Lipinski definition) is 1. The van der Waals surface area contributed by atoms with Gasteiger partial charge in [0.05, 0.1) is 12.5 Å². The van der Waals surface area contributed by atoms with Gasteiger partial charge in [-0.3, -0.25) is 9.59 Å². The van der Waals surface area contributed by atoms with Crippen molar-refractivity contribution in [3.63, 3.8) is 0 Å². The first-order valence-corrected chi connectivity index (χ1v) is 8.99. The number of carbonyl (C=O) groups excluding carboxylic acids is 2. The number of aryl methyl sites for hydroxylation is 1. The molecule has 2 aromatic rings. The van der Waals surface area contributed by atoms with Crippen molar-refractivity contribution < 1.29 is 14.1 Å². The Morgan fingerprint density at radius 1 is 1.35 bits per heavy atom. The number of nitrogens with one attached hydrogen (secondary N) is 1. The van der Waals surface area contributed by atoms with Gasteiger partial charge in [-0.1, -0.05) is 48.8 Å². The smallest absolute Gasteiger partial charge is 0.225 e. The minimum atomic E-state index is -0.315. The summed E-state index contributed by atoms with van der Waals surface area (Å²) in [6.07, 6.45) is 0.258. The first-order chi connectivity index (χ1) is 12.4. The molecule has 0 radical (unpaired) electrons. The zero-order valence-corrected chi connectivity index (χ0v) is 15.5. The van der Waals surface area contributed by atoms with Gasteiger partial charge < -0.3 is 14.7 Å². The summed E-state index contributed by atoms with van der Waals surface area (Å²) in [6.45, 7) is 7.39. The van der Waals surface area contributed by atoms with Crippen molar-refractivity contribution in [3.8, 4) is 0 Å². The third kappa shape index (κ3) is 4.31. The maximum Gasteiger partial charge on any atom is 0.225 e. The van der Waals surface area contributed by atoms with E-state index in [1.807, 2.05) is 51.1 Å². The van der Waals surface area contributed by atoms with Crippen molar-refractivity contribution in [1.29, 1.82) is 0 Å². The molecule has 1 aromatic carbocycles. The molecule has 0 spiro atoms. The van der Waals surface area contributed by atoms with Crippen LogP contribution in [0.2, 0.25) is 0 Å². The first-order valence-electron chi connectivity index (χ1n) is 8.99. The lowest BCUT2D eigenvalue weighted by Crippen LogP contribution is -2.32. The highest BCUT2D eigenvalue weighted by molar-refractivity contribution is 5.89. The average Bonchev–Trinajstić information content (AvgIpc) is 3.22. The molecule has 1 N–H and O–H groups in total. The predicted octanol–water partition coefficient (Wildman–Crippen LogP) is 2.77. The van der Waals surface area contributed by atoms with Crippen LogP contribution in [0.5, 0.6) is 0 Å². The first kappa shape index (κ1) is 18.2. The molecule has 1 unspecified atom stereocenters. The Kier molecular flexibility index (Phi) is 5.40. The quantitative estimate of drug-likeness (QED) is 0.864. The van der Waals surface area contributed by atoms with Gasteiger partial charge in [-0.2, -0.15) is 0 Å². The molecule has 2 heterocycles. The number of amides is 2. The van der Waals surface area contributed by atoms with Gasteiger partial charge in [0.2, 0.25) is 11.8 Å². The van der Waals surface area contributed by atoms with Crippen LogP contribution >= 0.6 is 0 Å². The molecular weight excluding hydrogens is 330 g/mol. The topological polar surface area (TPSA) is 75.4 Å². The normalized spacial score (nSPS) is 17.2. The van der Waals surface area contributed by atoms with Gasteiger partial charge in [0, 0.05) is 31.5 Å². The maximum absolute atomic E-state index is 12.4. The van der Waals surface area contributed by atoms with Crippen LogP contribution in [0.4, 0.5) is 0 Å². The molecule has 1 aliphatic heterocycles. The third-order valence-electron chi connectivity index (χ3n) is 4.67. The third-order valence-corrected chi connectivity index (χ3v) is 4.67. The lowest BCUT2D eigenvalue weighted by atomic mass is 10.1. The molecule has 2 amide bonds. The van der Waals surface area contributed by atoms with E-state index in [0.717, 1.165) is 11.3 Å². The maximum atomic E-state index is 12.4. The van der Waals surface area contributed by atoms with Gasteiger partial charge in [0.25, 0.3) is 0 Å². The van der Waals surface area contributed by atoms with Crippen molar-refractivity contribution in [1.82, 2.24) is 15.4 Å². The molecule has 3 rings (SSSR count). The number of likely N-dealkylation sites (tertiary alicyclic amines) is 1. The largest absolute Gasteiger partial charge is 0.361 e. The molecule has 1 aliphatic rings. The van der Waals surface area contributed by atoms with E-state index in [4.69, 9.17) is 4.52 Å². The number of benzene rings is 1. The van der Waals surface area contributed by atoms with Crippen molar-refractivity contribution in [2.45, 2.75) is 46.2 Å². The summed E-state index contributed by atoms with van der Waals surface area (Å²) in [5.74, 6) is 0.654. The summed E-state index contributed by atoms with van der Waals surface area (Å²) in [7, 11) is 0. The fourth-order valence-electron chi connectivity index (χ4n) is 3.02. The molecule has 6 nitrogen and oxygen atoms in total. The number of rotatable bonds is 6.